The van der Waals surface area contributed by atoms with Crippen molar-refractivity contribution in [1.29, 1.82) is 0 Å². The smallest absolute Gasteiger partial charge is 0.116 e. The molecule has 1 aliphatic carbocycles. The maximum atomic E-state index is 9.98. The van der Waals surface area contributed by atoms with E-state index in [2.05, 4.69) is 31.2 Å². The lowest BCUT2D eigenvalue weighted by Crippen LogP contribution is -2.42. The molecule has 2 aromatic carbocycles. The molecule has 0 spiro atoms. The number of phenolic OH excluding ortho intramolecular Hbond substituents is 1. The van der Waals surface area contributed by atoms with Crippen LogP contribution in [-0.2, 0) is 10.3 Å². The fourth-order valence-electron chi connectivity index (χ4n) is 4.23. The van der Waals surface area contributed by atoms with Gasteiger partial charge in [0.25, 0.3) is 0 Å². The molecule has 3 atom stereocenters. The Bertz CT molecular complexity index is 679. The predicted octanol–water partition coefficient (Wildman–Crippen LogP) is 4.71. The molecule has 4 rings (SSSR count). The summed E-state index contributed by atoms with van der Waals surface area (Å²) in [5.74, 6) is 0.785. The maximum Gasteiger partial charge on any atom is 0.116 e. The van der Waals surface area contributed by atoms with E-state index in [1.165, 1.54) is 29.5 Å². The van der Waals surface area contributed by atoms with Crippen LogP contribution in [0.5, 0.6) is 5.75 Å². The Balaban J connectivity index is 1.90. The standard InChI is InChI=1S/C20H22O2/c1-20(14-7-3-2-4-8-14)18-12-11-15(21)13-17(18)16-9-5-6-10-19(16)22-20/h2-4,7-8,11-13,16,19,21H,5-6,9-10H2,1H3. The minimum absolute atomic E-state index is 0.258. The summed E-state index contributed by atoms with van der Waals surface area (Å²) in [6.07, 6.45) is 5.02. The average molecular weight is 294 g/mol. The molecule has 2 aliphatic rings. The topological polar surface area (TPSA) is 29.5 Å². The Morgan fingerprint density at radius 3 is 2.64 bits per heavy atom. The second-order valence-electron chi connectivity index (χ2n) is 6.72. The van der Waals surface area contributed by atoms with Crippen molar-refractivity contribution in [3.63, 3.8) is 0 Å². The predicted molar refractivity (Wildman–Crippen MR) is 87.1 cm³/mol. The van der Waals surface area contributed by atoms with Gasteiger partial charge in [0.15, 0.2) is 0 Å². The summed E-state index contributed by atoms with van der Waals surface area (Å²) >= 11 is 0. The van der Waals surface area contributed by atoms with E-state index < -0.39 is 5.60 Å². The third-order valence-corrected chi connectivity index (χ3v) is 5.36. The number of hydrogen-bond donors (Lipinski definition) is 1. The molecule has 2 nitrogen and oxygen atoms in total. The molecule has 0 amide bonds. The molecule has 2 aromatic rings. The lowest BCUT2D eigenvalue weighted by molar-refractivity contribution is -0.0990. The first-order valence-corrected chi connectivity index (χ1v) is 8.25. The second kappa shape index (κ2) is 5.13. The van der Waals surface area contributed by atoms with Crippen LogP contribution in [-0.4, -0.2) is 11.2 Å². The van der Waals surface area contributed by atoms with Crippen molar-refractivity contribution in [3.8, 4) is 5.75 Å². The molecule has 1 saturated carbocycles. The molecular formula is C20H22O2. The summed E-state index contributed by atoms with van der Waals surface area (Å²) in [5.41, 5.74) is 3.25. The highest BCUT2D eigenvalue weighted by atomic mass is 16.5. The summed E-state index contributed by atoms with van der Waals surface area (Å²) < 4.78 is 6.65. The number of ether oxygens (including phenoxy) is 1. The van der Waals surface area contributed by atoms with Crippen LogP contribution in [0.1, 0.15) is 55.2 Å². The molecule has 0 aromatic heterocycles. The molecule has 1 heterocycles. The van der Waals surface area contributed by atoms with E-state index in [-0.39, 0.29) is 6.10 Å². The van der Waals surface area contributed by atoms with Gasteiger partial charge in [-0.05, 0) is 48.6 Å². The van der Waals surface area contributed by atoms with Crippen molar-refractivity contribution in [2.45, 2.75) is 50.2 Å². The molecule has 2 heteroatoms. The summed E-state index contributed by atoms with van der Waals surface area (Å²) in [6, 6.07) is 16.2. The highest BCUT2D eigenvalue weighted by Gasteiger charge is 2.44. The number of fused-ring (bicyclic) bond motifs is 3. The molecule has 1 N–H and O–H groups in total. The molecule has 0 bridgehead atoms. The van der Waals surface area contributed by atoms with E-state index in [4.69, 9.17) is 4.74 Å². The van der Waals surface area contributed by atoms with E-state index >= 15 is 0 Å². The Morgan fingerprint density at radius 2 is 1.82 bits per heavy atom. The van der Waals surface area contributed by atoms with Crippen molar-refractivity contribution in [1.82, 2.24) is 0 Å². The van der Waals surface area contributed by atoms with Crippen molar-refractivity contribution in [3.05, 3.63) is 65.2 Å². The lowest BCUT2D eigenvalue weighted by atomic mass is 9.72. The van der Waals surface area contributed by atoms with Crippen LogP contribution in [0.2, 0.25) is 0 Å². The zero-order valence-electron chi connectivity index (χ0n) is 13.0. The average Bonchev–Trinajstić information content (AvgIpc) is 2.55. The number of hydrogen-bond acceptors (Lipinski definition) is 2. The van der Waals surface area contributed by atoms with E-state index in [1.807, 2.05) is 18.2 Å². The summed E-state index contributed by atoms with van der Waals surface area (Å²) in [7, 11) is 0. The van der Waals surface area contributed by atoms with Crippen LogP contribution in [0.25, 0.3) is 0 Å². The van der Waals surface area contributed by atoms with Crippen LogP contribution in [0.3, 0.4) is 0 Å². The fraction of sp³-hybridized carbons (Fsp3) is 0.400. The molecule has 1 aliphatic heterocycles. The summed E-state index contributed by atoms with van der Waals surface area (Å²) in [4.78, 5) is 0. The summed E-state index contributed by atoms with van der Waals surface area (Å²) in [5, 5.41) is 9.98. The number of rotatable bonds is 1. The van der Waals surface area contributed by atoms with E-state index in [1.54, 1.807) is 6.07 Å². The molecule has 3 unspecified atom stereocenters. The van der Waals surface area contributed by atoms with Gasteiger partial charge in [0.1, 0.15) is 11.4 Å². The zero-order chi connectivity index (χ0) is 15.2. The van der Waals surface area contributed by atoms with Gasteiger partial charge in [0, 0.05) is 5.92 Å². The molecular weight excluding hydrogens is 272 g/mol. The van der Waals surface area contributed by atoms with Gasteiger partial charge in [-0.1, -0.05) is 49.2 Å². The van der Waals surface area contributed by atoms with Gasteiger partial charge in [0.05, 0.1) is 6.10 Å². The van der Waals surface area contributed by atoms with Gasteiger partial charge < -0.3 is 9.84 Å². The van der Waals surface area contributed by atoms with Gasteiger partial charge in [-0.15, -0.1) is 0 Å². The van der Waals surface area contributed by atoms with E-state index in [0.29, 0.717) is 11.7 Å². The van der Waals surface area contributed by atoms with Crippen molar-refractivity contribution >= 4 is 0 Å². The van der Waals surface area contributed by atoms with Gasteiger partial charge in [0.2, 0.25) is 0 Å². The third-order valence-electron chi connectivity index (χ3n) is 5.36. The van der Waals surface area contributed by atoms with E-state index in [9.17, 15) is 5.11 Å². The minimum atomic E-state index is -0.428. The van der Waals surface area contributed by atoms with Gasteiger partial charge in [-0.3, -0.25) is 0 Å². The molecule has 0 radical (unpaired) electrons. The van der Waals surface area contributed by atoms with Crippen molar-refractivity contribution < 1.29 is 9.84 Å². The largest absolute Gasteiger partial charge is 0.508 e. The van der Waals surface area contributed by atoms with Crippen molar-refractivity contribution in [2.24, 2.45) is 0 Å². The molecule has 22 heavy (non-hydrogen) atoms. The highest BCUT2D eigenvalue weighted by Crippen LogP contribution is 2.50. The van der Waals surface area contributed by atoms with Crippen LogP contribution in [0.4, 0.5) is 0 Å². The Hall–Kier alpha value is -1.80. The monoisotopic (exact) mass is 294 g/mol. The Morgan fingerprint density at radius 1 is 1.05 bits per heavy atom. The zero-order valence-corrected chi connectivity index (χ0v) is 13.0. The van der Waals surface area contributed by atoms with E-state index in [0.717, 1.165) is 12.8 Å². The second-order valence-corrected chi connectivity index (χ2v) is 6.72. The van der Waals surface area contributed by atoms with Gasteiger partial charge in [-0.2, -0.15) is 0 Å². The first kappa shape index (κ1) is 13.8. The Labute approximate surface area is 131 Å². The SMILES string of the molecule is CC1(c2ccccc2)OC2CCCCC2c2cc(O)ccc21. The molecule has 0 saturated heterocycles. The van der Waals surface area contributed by atoms with Crippen LogP contribution < -0.4 is 0 Å². The first-order valence-electron chi connectivity index (χ1n) is 8.25. The van der Waals surface area contributed by atoms with Crippen LogP contribution in [0.15, 0.2) is 48.5 Å². The lowest BCUT2D eigenvalue weighted by Gasteiger charge is -2.47. The van der Waals surface area contributed by atoms with Crippen LogP contribution in [0, 0.1) is 0 Å². The number of benzene rings is 2. The number of phenols is 1. The molecule has 1 fully saturated rings. The summed E-state index contributed by atoms with van der Waals surface area (Å²) in [6.45, 7) is 2.17. The Kier molecular flexibility index (Phi) is 3.23. The number of aromatic hydroxyl groups is 1. The highest BCUT2D eigenvalue weighted by molar-refractivity contribution is 5.47. The fourth-order valence-corrected chi connectivity index (χ4v) is 4.23. The first-order chi connectivity index (χ1) is 10.7. The maximum absolute atomic E-state index is 9.98. The van der Waals surface area contributed by atoms with Crippen LogP contribution >= 0.6 is 0 Å². The minimum Gasteiger partial charge on any atom is -0.508 e. The third kappa shape index (κ3) is 2.05. The normalized spacial score (nSPS) is 30.4. The van der Waals surface area contributed by atoms with Crippen molar-refractivity contribution in [2.75, 3.05) is 0 Å². The van der Waals surface area contributed by atoms with Gasteiger partial charge in [-0.25, -0.2) is 0 Å². The molecule has 114 valence electrons. The van der Waals surface area contributed by atoms with Gasteiger partial charge >= 0.3 is 0 Å². The quantitative estimate of drug-likeness (QED) is 0.825.